The Labute approximate surface area is 179 Å². The number of fused-ring (bicyclic) bond motifs is 1. The standard InChI is InChI=1S/C22H26N4O3S/c1-12-8-13(2)20(14(3)9-12)25-18(28)10-23-17(27)6-7-26-11-24-21-19(22(26)29)15(4)16(5)30-21/h8-9,11H,6-7,10H2,1-5H3,(H,23,27)(H,25,28). The predicted octanol–water partition coefficient (Wildman–Crippen LogP) is 3.15. The molecule has 3 aromatic rings. The van der Waals surface area contributed by atoms with Crippen LogP contribution in [0.1, 0.15) is 33.6 Å². The van der Waals surface area contributed by atoms with Gasteiger partial charge in [0.05, 0.1) is 18.3 Å². The molecule has 0 aliphatic rings. The van der Waals surface area contributed by atoms with Gasteiger partial charge in [0.1, 0.15) is 4.83 Å². The Morgan fingerprint density at radius 3 is 2.40 bits per heavy atom. The molecule has 0 aliphatic heterocycles. The molecule has 30 heavy (non-hydrogen) atoms. The molecule has 0 unspecified atom stereocenters. The van der Waals surface area contributed by atoms with E-state index in [1.807, 2.05) is 46.8 Å². The summed E-state index contributed by atoms with van der Waals surface area (Å²) < 4.78 is 1.44. The van der Waals surface area contributed by atoms with Crippen LogP contribution in [0.4, 0.5) is 5.69 Å². The summed E-state index contributed by atoms with van der Waals surface area (Å²) in [5, 5.41) is 6.08. The van der Waals surface area contributed by atoms with Gasteiger partial charge in [0.2, 0.25) is 11.8 Å². The number of hydrogen-bond acceptors (Lipinski definition) is 5. The first-order valence-corrected chi connectivity index (χ1v) is 10.6. The van der Waals surface area contributed by atoms with Gasteiger partial charge in [0, 0.05) is 23.5 Å². The molecule has 0 bridgehead atoms. The Kier molecular flexibility index (Phi) is 6.36. The molecule has 0 aliphatic carbocycles. The molecular weight excluding hydrogens is 400 g/mol. The van der Waals surface area contributed by atoms with Gasteiger partial charge < -0.3 is 10.6 Å². The predicted molar refractivity (Wildman–Crippen MR) is 120 cm³/mol. The van der Waals surface area contributed by atoms with Gasteiger partial charge in [-0.05, 0) is 51.3 Å². The third kappa shape index (κ3) is 4.59. The average molecular weight is 427 g/mol. The van der Waals surface area contributed by atoms with Crippen molar-refractivity contribution >= 4 is 39.1 Å². The van der Waals surface area contributed by atoms with Crippen LogP contribution in [0.3, 0.4) is 0 Å². The van der Waals surface area contributed by atoms with E-state index in [9.17, 15) is 14.4 Å². The number of anilines is 1. The molecule has 7 nitrogen and oxygen atoms in total. The summed E-state index contributed by atoms with van der Waals surface area (Å²) in [6.07, 6.45) is 1.56. The molecule has 2 N–H and O–H groups in total. The average Bonchev–Trinajstić information content (AvgIpc) is 2.97. The minimum Gasteiger partial charge on any atom is -0.347 e. The van der Waals surface area contributed by atoms with Gasteiger partial charge in [-0.2, -0.15) is 0 Å². The highest BCUT2D eigenvalue weighted by atomic mass is 32.1. The van der Waals surface area contributed by atoms with E-state index in [-0.39, 0.29) is 36.9 Å². The first-order chi connectivity index (χ1) is 14.2. The van der Waals surface area contributed by atoms with E-state index < -0.39 is 0 Å². The number of thiophene rings is 1. The topological polar surface area (TPSA) is 93.1 Å². The highest BCUT2D eigenvalue weighted by Crippen LogP contribution is 2.25. The highest BCUT2D eigenvalue weighted by Gasteiger charge is 2.13. The van der Waals surface area contributed by atoms with Crippen LogP contribution in [0.25, 0.3) is 10.2 Å². The van der Waals surface area contributed by atoms with Gasteiger partial charge in [-0.25, -0.2) is 4.98 Å². The molecule has 2 amide bonds. The second-order valence-corrected chi connectivity index (χ2v) is 8.76. The number of aryl methyl sites for hydroxylation is 6. The van der Waals surface area contributed by atoms with E-state index in [4.69, 9.17) is 0 Å². The molecule has 0 saturated carbocycles. The van der Waals surface area contributed by atoms with Crippen LogP contribution in [-0.2, 0) is 16.1 Å². The fourth-order valence-corrected chi connectivity index (χ4v) is 4.47. The SMILES string of the molecule is Cc1cc(C)c(NC(=O)CNC(=O)CCn2cnc3sc(C)c(C)c3c2=O)c(C)c1. The number of carbonyl (C=O) groups is 2. The number of nitrogens with zero attached hydrogens (tertiary/aromatic N) is 2. The number of amides is 2. The molecule has 0 spiro atoms. The van der Waals surface area contributed by atoms with Crippen LogP contribution in [0, 0.1) is 34.6 Å². The van der Waals surface area contributed by atoms with E-state index >= 15 is 0 Å². The second kappa shape index (κ2) is 8.79. The summed E-state index contributed by atoms with van der Waals surface area (Å²) in [5.41, 5.74) is 4.66. The van der Waals surface area contributed by atoms with Crippen LogP contribution in [0.15, 0.2) is 23.3 Å². The van der Waals surface area contributed by atoms with Crippen molar-refractivity contribution in [1.29, 1.82) is 0 Å². The van der Waals surface area contributed by atoms with Gasteiger partial charge >= 0.3 is 0 Å². The van der Waals surface area contributed by atoms with Gasteiger partial charge in [0.15, 0.2) is 0 Å². The lowest BCUT2D eigenvalue weighted by Gasteiger charge is -2.13. The van der Waals surface area contributed by atoms with Crippen LogP contribution in [0.2, 0.25) is 0 Å². The van der Waals surface area contributed by atoms with Crippen molar-refractivity contribution in [3.63, 3.8) is 0 Å². The molecule has 1 aromatic carbocycles. The fourth-order valence-electron chi connectivity index (χ4n) is 3.48. The molecule has 0 atom stereocenters. The molecule has 0 saturated heterocycles. The zero-order valence-electron chi connectivity index (χ0n) is 17.9. The fraction of sp³-hybridized carbons (Fsp3) is 0.364. The van der Waals surface area contributed by atoms with Crippen LogP contribution >= 0.6 is 11.3 Å². The number of benzene rings is 1. The molecule has 2 heterocycles. The Bertz CT molecular complexity index is 1170. The summed E-state index contributed by atoms with van der Waals surface area (Å²) in [6.45, 7) is 9.83. The van der Waals surface area contributed by atoms with Gasteiger partial charge in [0.25, 0.3) is 5.56 Å². The Balaban J connectivity index is 1.56. The molecular formula is C22H26N4O3S. The Morgan fingerprint density at radius 2 is 1.73 bits per heavy atom. The smallest absolute Gasteiger partial charge is 0.262 e. The first-order valence-electron chi connectivity index (χ1n) is 9.77. The lowest BCUT2D eigenvalue weighted by Crippen LogP contribution is -2.34. The number of hydrogen-bond donors (Lipinski definition) is 2. The van der Waals surface area contributed by atoms with E-state index in [1.165, 1.54) is 22.2 Å². The maximum absolute atomic E-state index is 12.7. The van der Waals surface area contributed by atoms with Crippen LogP contribution < -0.4 is 16.2 Å². The lowest BCUT2D eigenvalue weighted by atomic mass is 10.1. The maximum Gasteiger partial charge on any atom is 0.262 e. The largest absolute Gasteiger partial charge is 0.347 e. The minimum absolute atomic E-state index is 0.0884. The molecule has 0 radical (unpaired) electrons. The van der Waals surface area contributed by atoms with Crippen molar-refractivity contribution in [3.05, 3.63) is 55.9 Å². The Hall–Kier alpha value is -3.00. The number of aromatic nitrogens is 2. The zero-order valence-corrected chi connectivity index (χ0v) is 18.7. The van der Waals surface area contributed by atoms with Gasteiger partial charge in [-0.1, -0.05) is 17.7 Å². The van der Waals surface area contributed by atoms with Crippen LogP contribution in [0.5, 0.6) is 0 Å². The monoisotopic (exact) mass is 426 g/mol. The van der Waals surface area contributed by atoms with Crippen LogP contribution in [-0.4, -0.2) is 27.9 Å². The summed E-state index contributed by atoms with van der Waals surface area (Å²) in [5.74, 6) is -0.587. The van der Waals surface area contributed by atoms with Crippen molar-refractivity contribution in [1.82, 2.24) is 14.9 Å². The van der Waals surface area contributed by atoms with Crippen molar-refractivity contribution in [2.45, 2.75) is 47.6 Å². The lowest BCUT2D eigenvalue weighted by molar-refractivity contribution is -0.124. The summed E-state index contributed by atoms with van der Waals surface area (Å²) in [4.78, 5) is 43.2. The first kappa shape index (κ1) is 21.7. The van der Waals surface area contributed by atoms with Crippen molar-refractivity contribution < 1.29 is 9.59 Å². The maximum atomic E-state index is 12.7. The summed E-state index contributed by atoms with van der Waals surface area (Å²) in [7, 11) is 0. The van der Waals surface area contributed by atoms with Gasteiger partial charge in [-0.3, -0.25) is 19.0 Å². The number of rotatable bonds is 6. The highest BCUT2D eigenvalue weighted by molar-refractivity contribution is 7.18. The molecule has 158 valence electrons. The molecule has 2 aromatic heterocycles. The normalized spacial score (nSPS) is 11.0. The summed E-state index contributed by atoms with van der Waals surface area (Å²) >= 11 is 1.49. The molecule has 0 fully saturated rings. The zero-order chi connectivity index (χ0) is 22.0. The number of nitrogens with one attached hydrogen (secondary N) is 2. The van der Waals surface area contributed by atoms with E-state index in [0.717, 1.165) is 32.8 Å². The quantitative estimate of drug-likeness (QED) is 0.633. The number of carbonyl (C=O) groups excluding carboxylic acids is 2. The summed E-state index contributed by atoms with van der Waals surface area (Å²) in [6, 6.07) is 4.00. The van der Waals surface area contributed by atoms with Gasteiger partial charge in [-0.15, -0.1) is 11.3 Å². The third-order valence-electron chi connectivity index (χ3n) is 5.12. The van der Waals surface area contributed by atoms with E-state index in [2.05, 4.69) is 15.6 Å². The minimum atomic E-state index is -0.298. The third-order valence-corrected chi connectivity index (χ3v) is 6.24. The van der Waals surface area contributed by atoms with E-state index in [0.29, 0.717) is 10.2 Å². The van der Waals surface area contributed by atoms with Crippen molar-refractivity contribution in [2.24, 2.45) is 0 Å². The Morgan fingerprint density at radius 1 is 1.07 bits per heavy atom. The van der Waals surface area contributed by atoms with E-state index in [1.54, 1.807) is 0 Å². The van der Waals surface area contributed by atoms with Crippen molar-refractivity contribution in [2.75, 3.05) is 11.9 Å². The second-order valence-electron chi connectivity index (χ2n) is 7.56. The molecule has 3 rings (SSSR count). The molecule has 8 heteroatoms. The van der Waals surface area contributed by atoms with Crippen molar-refractivity contribution in [3.8, 4) is 0 Å².